The molecule has 0 radical (unpaired) electrons. The molecule has 1 aliphatic rings. The second-order valence-electron chi connectivity index (χ2n) is 4.81. The highest BCUT2D eigenvalue weighted by Crippen LogP contribution is 2.19. The third kappa shape index (κ3) is 4.06. The molecule has 0 bridgehead atoms. The average Bonchev–Trinajstić information content (AvgIpc) is 3.27. The summed E-state index contributed by atoms with van der Waals surface area (Å²) < 4.78 is 0. The highest BCUT2D eigenvalue weighted by atomic mass is 35.5. The van der Waals surface area contributed by atoms with E-state index in [0.29, 0.717) is 22.7 Å². The number of rotatable bonds is 4. The fraction of sp³-hybridized carbons (Fsp3) is 0.214. The number of carbonyl (C=O) groups excluding carboxylic acids is 1. The molecule has 0 saturated heterocycles. The first kappa shape index (κ1) is 13.6. The average molecular weight is 304 g/mol. The summed E-state index contributed by atoms with van der Waals surface area (Å²) in [5.41, 5.74) is 0.862. The molecule has 0 spiro atoms. The SMILES string of the molecule is O=C(Nc1ccc(Nc2ccc(Cl)cc2)nn1)NC1CC1. The van der Waals surface area contributed by atoms with E-state index in [4.69, 9.17) is 11.6 Å². The van der Waals surface area contributed by atoms with Gasteiger partial charge in [0.05, 0.1) is 0 Å². The Morgan fingerprint density at radius 1 is 1.05 bits per heavy atom. The Hall–Kier alpha value is -2.34. The molecule has 7 heteroatoms. The fourth-order valence-electron chi connectivity index (χ4n) is 1.71. The summed E-state index contributed by atoms with van der Waals surface area (Å²) in [6.07, 6.45) is 2.09. The zero-order valence-corrected chi connectivity index (χ0v) is 11.9. The predicted octanol–water partition coefficient (Wildman–Crippen LogP) is 3.16. The van der Waals surface area contributed by atoms with Gasteiger partial charge in [0.25, 0.3) is 0 Å². The van der Waals surface area contributed by atoms with Crippen LogP contribution in [0, 0.1) is 0 Å². The zero-order valence-electron chi connectivity index (χ0n) is 11.1. The van der Waals surface area contributed by atoms with Gasteiger partial charge in [0.2, 0.25) is 0 Å². The van der Waals surface area contributed by atoms with Crippen LogP contribution in [0.2, 0.25) is 5.02 Å². The molecule has 3 rings (SSSR count). The van der Waals surface area contributed by atoms with E-state index in [0.717, 1.165) is 18.5 Å². The highest BCUT2D eigenvalue weighted by Gasteiger charge is 2.23. The molecule has 1 fully saturated rings. The fourth-order valence-corrected chi connectivity index (χ4v) is 1.84. The third-order valence-electron chi connectivity index (χ3n) is 2.94. The van der Waals surface area contributed by atoms with Crippen molar-refractivity contribution in [1.82, 2.24) is 15.5 Å². The Balaban J connectivity index is 1.58. The third-order valence-corrected chi connectivity index (χ3v) is 3.19. The van der Waals surface area contributed by atoms with Crippen LogP contribution in [0.1, 0.15) is 12.8 Å². The number of hydrogen-bond donors (Lipinski definition) is 3. The second-order valence-corrected chi connectivity index (χ2v) is 5.24. The van der Waals surface area contributed by atoms with Gasteiger partial charge in [-0.15, -0.1) is 10.2 Å². The van der Waals surface area contributed by atoms with Crippen molar-refractivity contribution in [2.45, 2.75) is 18.9 Å². The lowest BCUT2D eigenvalue weighted by Crippen LogP contribution is -2.30. The Morgan fingerprint density at radius 3 is 2.33 bits per heavy atom. The molecule has 1 aliphatic carbocycles. The predicted molar refractivity (Wildman–Crippen MR) is 81.9 cm³/mol. The first-order valence-corrected chi connectivity index (χ1v) is 7.01. The van der Waals surface area contributed by atoms with Crippen LogP contribution < -0.4 is 16.0 Å². The van der Waals surface area contributed by atoms with Gasteiger partial charge in [-0.2, -0.15) is 0 Å². The van der Waals surface area contributed by atoms with Crippen LogP contribution in [0.25, 0.3) is 0 Å². The van der Waals surface area contributed by atoms with Crippen LogP contribution in [0.15, 0.2) is 36.4 Å². The van der Waals surface area contributed by atoms with E-state index in [1.807, 2.05) is 12.1 Å². The van der Waals surface area contributed by atoms with Crippen LogP contribution in [0.3, 0.4) is 0 Å². The van der Waals surface area contributed by atoms with Crippen LogP contribution in [-0.2, 0) is 0 Å². The van der Waals surface area contributed by atoms with Crippen molar-refractivity contribution in [3.05, 3.63) is 41.4 Å². The summed E-state index contributed by atoms with van der Waals surface area (Å²) >= 11 is 5.82. The molecule has 1 aromatic heterocycles. The molecule has 6 nitrogen and oxygen atoms in total. The summed E-state index contributed by atoms with van der Waals surface area (Å²) in [6.45, 7) is 0. The van der Waals surface area contributed by atoms with Crippen molar-refractivity contribution in [1.29, 1.82) is 0 Å². The molecule has 1 saturated carbocycles. The van der Waals surface area contributed by atoms with Crippen molar-refractivity contribution in [3.8, 4) is 0 Å². The number of benzene rings is 1. The van der Waals surface area contributed by atoms with Gasteiger partial charge in [-0.05, 0) is 49.2 Å². The maximum Gasteiger partial charge on any atom is 0.320 e. The number of urea groups is 1. The van der Waals surface area contributed by atoms with Gasteiger partial charge in [0.1, 0.15) is 0 Å². The van der Waals surface area contributed by atoms with Gasteiger partial charge in [0.15, 0.2) is 11.6 Å². The second kappa shape index (κ2) is 5.97. The summed E-state index contributed by atoms with van der Waals surface area (Å²) in [6, 6.07) is 10.8. The van der Waals surface area contributed by atoms with E-state index in [1.54, 1.807) is 24.3 Å². The van der Waals surface area contributed by atoms with Gasteiger partial charge in [-0.3, -0.25) is 5.32 Å². The van der Waals surface area contributed by atoms with E-state index in [1.165, 1.54) is 0 Å². The van der Waals surface area contributed by atoms with E-state index < -0.39 is 0 Å². The van der Waals surface area contributed by atoms with Gasteiger partial charge in [-0.1, -0.05) is 11.6 Å². The first-order chi connectivity index (χ1) is 10.2. The number of nitrogens with one attached hydrogen (secondary N) is 3. The highest BCUT2D eigenvalue weighted by molar-refractivity contribution is 6.30. The number of anilines is 3. The van der Waals surface area contributed by atoms with E-state index >= 15 is 0 Å². The zero-order chi connectivity index (χ0) is 14.7. The Kier molecular flexibility index (Phi) is 3.87. The minimum atomic E-state index is -0.245. The van der Waals surface area contributed by atoms with Crippen molar-refractivity contribution in [3.63, 3.8) is 0 Å². The normalized spacial score (nSPS) is 13.6. The smallest absolute Gasteiger partial charge is 0.320 e. The van der Waals surface area contributed by atoms with Crippen LogP contribution >= 0.6 is 11.6 Å². The largest absolute Gasteiger partial charge is 0.339 e. The minimum absolute atomic E-state index is 0.245. The quantitative estimate of drug-likeness (QED) is 0.810. The standard InChI is InChI=1S/C14H14ClN5O/c15-9-1-3-10(4-2-9)16-12-7-8-13(20-19-12)18-14(21)17-11-5-6-11/h1-4,7-8,11H,5-6H2,(H,16,19)(H2,17,18,20,21). The molecule has 21 heavy (non-hydrogen) atoms. The maximum atomic E-state index is 11.6. The van der Waals surface area contributed by atoms with E-state index in [-0.39, 0.29) is 6.03 Å². The molecule has 2 aromatic rings. The number of amides is 2. The Bertz CT molecular complexity index is 625. The summed E-state index contributed by atoms with van der Waals surface area (Å²) in [5, 5.41) is 17.2. The summed E-state index contributed by atoms with van der Waals surface area (Å²) in [7, 11) is 0. The van der Waals surface area contributed by atoms with E-state index in [9.17, 15) is 4.79 Å². The molecule has 1 heterocycles. The number of carbonyl (C=O) groups is 1. The van der Waals surface area contributed by atoms with Crippen molar-refractivity contribution < 1.29 is 4.79 Å². The number of aromatic nitrogens is 2. The molecular formula is C14H14ClN5O. The van der Waals surface area contributed by atoms with Gasteiger partial charge < -0.3 is 10.6 Å². The topological polar surface area (TPSA) is 78.9 Å². The van der Waals surface area contributed by atoms with Gasteiger partial charge in [0, 0.05) is 16.8 Å². The van der Waals surface area contributed by atoms with Crippen molar-refractivity contribution in [2.75, 3.05) is 10.6 Å². The number of hydrogen-bond acceptors (Lipinski definition) is 4. The lowest BCUT2D eigenvalue weighted by Gasteiger charge is -2.07. The molecular weight excluding hydrogens is 290 g/mol. The molecule has 0 atom stereocenters. The maximum absolute atomic E-state index is 11.6. The number of nitrogens with zero attached hydrogens (tertiary/aromatic N) is 2. The van der Waals surface area contributed by atoms with Crippen molar-refractivity contribution in [2.24, 2.45) is 0 Å². The Morgan fingerprint density at radius 2 is 1.71 bits per heavy atom. The molecule has 2 amide bonds. The summed E-state index contributed by atoms with van der Waals surface area (Å²) in [5.74, 6) is 1.00. The van der Waals surface area contributed by atoms with Crippen LogP contribution in [0.4, 0.5) is 22.1 Å². The van der Waals surface area contributed by atoms with Crippen LogP contribution in [0.5, 0.6) is 0 Å². The molecule has 3 N–H and O–H groups in total. The lowest BCUT2D eigenvalue weighted by atomic mass is 10.3. The molecule has 0 unspecified atom stereocenters. The summed E-state index contributed by atoms with van der Waals surface area (Å²) in [4.78, 5) is 11.6. The van der Waals surface area contributed by atoms with Gasteiger partial charge >= 0.3 is 6.03 Å². The van der Waals surface area contributed by atoms with E-state index in [2.05, 4.69) is 26.1 Å². The number of halogens is 1. The molecule has 1 aromatic carbocycles. The molecule has 108 valence electrons. The van der Waals surface area contributed by atoms with Crippen LogP contribution in [-0.4, -0.2) is 22.3 Å². The van der Waals surface area contributed by atoms with Gasteiger partial charge in [-0.25, -0.2) is 4.79 Å². The van der Waals surface area contributed by atoms with Crippen molar-refractivity contribution >= 4 is 35.0 Å². The first-order valence-electron chi connectivity index (χ1n) is 6.63. The lowest BCUT2D eigenvalue weighted by molar-refractivity contribution is 0.251. The Labute approximate surface area is 126 Å². The minimum Gasteiger partial charge on any atom is -0.339 e. The molecule has 0 aliphatic heterocycles. The monoisotopic (exact) mass is 303 g/mol.